The van der Waals surface area contributed by atoms with Crippen molar-refractivity contribution >= 4 is 21.9 Å². The predicted molar refractivity (Wildman–Crippen MR) is 75.8 cm³/mol. The van der Waals surface area contributed by atoms with E-state index in [1.54, 1.807) is 0 Å². The van der Waals surface area contributed by atoms with E-state index >= 15 is 0 Å². The third kappa shape index (κ3) is 2.65. The summed E-state index contributed by atoms with van der Waals surface area (Å²) in [5, 5.41) is -5.09. The van der Waals surface area contributed by atoms with Gasteiger partial charge >= 0.3 is 11.2 Å². The summed E-state index contributed by atoms with van der Waals surface area (Å²) in [6.45, 7) is 1.16. The van der Waals surface area contributed by atoms with E-state index in [4.69, 9.17) is 0 Å². The summed E-state index contributed by atoms with van der Waals surface area (Å²) in [5.41, 5.74) is -1.06. The Morgan fingerprint density at radius 1 is 1.21 bits per heavy atom. The summed E-state index contributed by atoms with van der Waals surface area (Å²) in [7, 11) is -6.12. The lowest BCUT2D eigenvalue weighted by atomic mass is 9.43. The van der Waals surface area contributed by atoms with E-state index in [0.29, 0.717) is 19.3 Å². The van der Waals surface area contributed by atoms with Crippen LogP contribution in [0.25, 0.3) is 0 Å². The van der Waals surface area contributed by atoms with Crippen LogP contribution in [0.5, 0.6) is 0 Å². The van der Waals surface area contributed by atoms with Crippen molar-refractivity contribution in [2.75, 3.05) is 6.61 Å². The molecule has 4 aliphatic carbocycles. The lowest BCUT2D eigenvalue weighted by Gasteiger charge is -2.61. The highest BCUT2D eigenvalue weighted by atomic mass is 32.2. The molecule has 0 aromatic carbocycles. The van der Waals surface area contributed by atoms with Crippen LogP contribution >= 0.6 is 0 Å². The maximum atomic E-state index is 13.3. The first-order valence-electron chi connectivity index (χ1n) is 7.91. The van der Waals surface area contributed by atoms with Gasteiger partial charge in [0.25, 0.3) is 0 Å². The molecule has 0 spiro atoms. The smallest absolute Gasteiger partial charge is 0.428 e. The summed E-state index contributed by atoms with van der Waals surface area (Å²) in [6, 6.07) is 0. The fourth-order valence-electron chi connectivity index (χ4n) is 5.44. The summed E-state index contributed by atoms with van der Waals surface area (Å²) in [5.74, 6) is -1.68. The van der Waals surface area contributed by atoms with Crippen LogP contribution in [0, 0.1) is 22.7 Å². The molecule has 0 amide bonds. The number of hydrogen-bond donors (Lipinski definition) is 0. The molecule has 6 nitrogen and oxygen atoms in total. The highest BCUT2D eigenvalue weighted by Gasteiger charge is 2.60. The van der Waals surface area contributed by atoms with Crippen molar-refractivity contribution in [3.8, 4) is 0 Å². The second-order valence-electron chi connectivity index (χ2n) is 7.84. The molecule has 0 aromatic rings. The summed E-state index contributed by atoms with van der Waals surface area (Å²) in [4.78, 5) is 23.5. The van der Waals surface area contributed by atoms with Crippen LogP contribution < -0.4 is 0 Å². The molecule has 4 saturated carbocycles. The Balaban J connectivity index is 1.76. The van der Waals surface area contributed by atoms with Gasteiger partial charge in [0.15, 0.2) is 10.1 Å². The molecule has 136 valence electrons. The number of ketones is 1. The molecule has 0 aliphatic heterocycles. The number of carbonyl (C=O) groups excluding carboxylic acids is 2. The zero-order valence-electron chi connectivity index (χ0n) is 13.2. The minimum atomic E-state index is -6.12. The van der Waals surface area contributed by atoms with Crippen molar-refractivity contribution in [3.05, 3.63) is 0 Å². The van der Waals surface area contributed by atoms with E-state index in [-0.39, 0.29) is 24.2 Å². The molecular formula is C15H19F2O6S-. The molecule has 0 saturated heterocycles. The van der Waals surface area contributed by atoms with Gasteiger partial charge in [-0.25, -0.2) is 13.2 Å². The average molecular weight is 365 g/mol. The quantitative estimate of drug-likeness (QED) is 0.544. The lowest BCUT2D eigenvalue weighted by molar-refractivity contribution is -0.180. The third-order valence-electron chi connectivity index (χ3n) is 5.99. The average Bonchev–Trinajstić information content (AvgIpc) is 2.42. The molecule has 4 bridgehead atoms. The van der Waals surface area contributed by atoms with Crippen LogP contribution in [-0.2, 0) is 24.4 Å². The first kappa shape index (κ1) is 17.7. The first-order chi connectivity index (χ1) is 10.9. The fourth-order valence-corrected chi connectivity index (χ4v) is 5.70. The van der Waals surface area contributed by atoms with E-state index in [2.05, 4.69) is 4.74 Å². The SMILES string of the molecule is CC(=O)C12CC3CC(CC(COC(=O)C(F)(F)S(=O)(=O)[O-])(C3)C1)C2. The molecule has 4 aliphatic rings. The maximum absolute atomic E-state index is 13.3. The number of carbonyl (C=O) groups is 2. The lowest BCUT2D eigenvalue weighted by Crippen LogP contribution is -2.56. The van der Waals surface area contributed by atoms with Gasteiger partial charge in [-0.3, -0.25) is 4.79 Å². The molecule has 9 heteroatoms. The normalized spacial score (nSPS) is 38.2. The van der Waals surface area contributed by atoms with E-state index in [1.165, 1.54) is 6.92 Å². The van der Waals surface area contributed by atoms with E-state index < -0.39 is 32.2 Å². The first-order valence-corrected chi connectivity index (χ1v) is 9.32. The van der Waals surface area contributed by atoms with Gasteiger partial charge in [-0.05, 0) is 57.3 Å². The highest BCUT2D eigenvalue weighted by Crippen LogP contribution is 2.65. The molecule has 4 rings (SSSR count). The van der Waals surface area contributed by atoms with Crippen LogP contribution in [0.15, 0.2) is 0 Å². The minimum absolute atomic E-state index is 0.0692. The van der Waals surface area contributed by atoms with Gasteiger partial charge in [0.1, 0.15) is 5.78 Å². The number of hydrogen-bond acceptors (Lipinski definition) is 6. The Kier molecular flexibility index (Phi) is 3.84. The third-order valence-corrected chi connectivity index (χ3v) is 6.78. The van der Waals surface area contributed by atoms with Gasteiger partial charge in [-0.2, -0.15) is 8.78 Å². The summed E-state index contributed by atoms with van der Waals surface area (Å²) in [6.07, 6.45) is 4.34. The molecule has 2 unspecified atom stereocenters. The molecule has 0 radical (unpaired) electrons. The van der Waals surface area contributed by atoms with Crippen LogP contribution in [-0.4, -0.2) is 36.6 Å². The van der Waals surface area contributed by atoms with Crippen molar-refractivity contribution in [2.24, 2.45) is 22.7 Å². The van der Waals surface area contributed by atoms with Gasteiger partial charge < -0.3 is 9.29 Å². The largest absolute Gasteiger partial charge is 0.743 e. The van der Waals surface area contributed by atoms with Crippen LogP contribution in [0.2, 0.25) is 0 Å². The van der Waals surface area contributed by atoms with E-state index in [1.807, 2.05) is 0 Å². The summed E-state index contributed by atoms with van der Waals surface area (Å²) < 4.78 is 62.6. The number of ether oxygens (including phenoxy) is 1. The molecule has 0 aromatic heterocycles. The van der Waals surface area contributed by atoms with Crippen LogP contribution in [0.3, 0.4) is 0 Å². The molecule has 2 atom stereocenters. The number of halogens is 2. The topological polar surface area (TPSA) is 101 Å². The van der Waals surface area contributed by atoms with Gasteiger partial charge in [-0.15, -0.1) is 0 Å². The van der Waals surface area contributed by atoms with E-state index in [0.717, 1.165) is 19.3 Å². The molecule has 0 heterocycles. The number of esters is 1. The van der Waals surface area contributed by atoms with Gasteiger partial charge in [0, 0.05) is 10.8 Å². The predicted octanol–water partition coefficient (Wildman–Crippen LogP) is 1.84. The van der Waals surface area contributed by atoms with Crippen molar-refractivity contribution in [2.45, 2.75) is 50.7 Å². The van der Waals surface area contributed by atoms with Gasteiger partial charge in [0.05, 0.1) is 6.61 Å². The standard InChI is InChI=1S/C15H20F2O6S/c1-9(18)14-5-10-2-11(6-14)4-13(3-10,7-14)8-23-12(19)15(16,17)24(20,21)22/h10-11H,2-8H2,1H3,(H,20,21,22)/p-1. The Hall–Kier alpha value is -1.09. The van der Waals surface area contributed by atoms with Crippen molar-refractivity contribution in [3.63, 3.8) is 0 Å². The highest BCUT2D eigenvalue weighted by molar-refractivity contribution is 7.87. The van der Waals surface area contributed by atoms with E-state index in [9.17, 15) is 31.3 Å². The van der Waals surface area contributed by atoms with Crippen molar-refractivity contribution < 1.29 is 36.1 Å². The number of alkyl halides is 2. The molecule has 4 fully saturated rings. The second-order valence-corrected chi connectivity index (χ2v) is 9.27. The number of rotatable bonds is 5. The van der Waals surface area contributed by atoms with Crippen LogP contribution in [0.1, 0.15) is 45.4 Å². The Morgan fingerprint density at radius 3 is 2.21 bits per heavy atom. The van der Waals surface area contributed by atoms with Crippen molar-refractivity contribution in [1.82, 2.24) is 0 Å². The summed E-state index contributed by atoms with van der Waals surface area (Å²) >= 11 is 0. The Labute approximate surface area is 138 Å². The fraction of sp³-hybridized carbons (Fsp3) is 0.867. The zero-order valence-corrected chi connectivity index (χ0v) is 14.0. The maximum Gasteiger partial charge on any atom is 0.428 e. The van der Waals surface area contributed by atoms with Crippen LogP contribution in [0.4, 0.5) is 8.78 Å². The monoisotopic (exact) mass is 365 g/mol. The molecule has 0 N–H and O–H groups in total. The minimum Gasteiger partial charge on any atom is -0.743 e. The molecule has 24 heavy (non-hydrogen) atoms. The zero-order chi connectivity index (χ0) is 18.0. The van der Waals surface area contributed by atoms with Gasteiger partial charge in [-0.1, -0.05) is 0 Å². The number of Topliss-reactive ketones (excluding diaryl/α,β-unsaturated/α-hetero) is 1. The Bertz CT molecular complexity index is 672. The Morgan fingerprint density at radius 2 is 1.75 bits per heavy atom. The van der Waals surface area contributed by atoms with Gasteiger partial charge in [0.2, 0.25) is 0 Å². The second kappa shape index (κ2) is 5.20. The van der Waals surface area contributed by atoms with Crippen molar-refractivity contribution in [1.29, 1.82) is 0 Å². The molecular weight excluding hydrogens is 346 g/mol.